The number of nitrogens with one attached hydrogen (secondary N) is 1. The van der Waals surface area contributed by atoms with Gasteiger partial charge in [-0.1, -0.05) is 0 Å². The molecule has 3 rings (SSSR count). The predicted octanol–water partition coefficient (Wildman–Crippen LogP) is 3.78. The van der Waals surface area contributed by atoms with E-state index in [1.165, 1.54) is 5.56 Å². The Kier molecular flexibility index (Phi) is 8.40. The first-order valence-corrected chi connectivity index (χ1v) is 8.46. The van der Waals surface area contributed by atoms with Crippen LogP contribution in [0.1, 0.15) is 21.6 Å². The molecule has 1 aliphatic rings. The number of methoxy groups -OCH3 is 1. The molecule has 0 aliphatic carbocycles. The topological polar surface area (TPSA) is 54.5 Å². The second-order valence-corrected chi connectivity index (χ2v) is 6.78. The zero-order valence-electron chi connectivity index (χ0n) is 13.9. The third kappa shape index (κ3) is 5.20. The van der Waals surface area contributed by atoms with Gasteiger partial charge in [0.15, 0.2) is 0 Å². The molecule has 1 N–H and O–H groups in total. The fraction of sp³-hybridized carbons (Fsp3) is 0.294. The van der Waals surface area contributed by atoms with Crippen LogP contribution in [-0.4, -0.2) is 36.5 Å². The Morgan fingerprint density at radius 1 is 1.32 bits per heavy atom. The van der Waals surface area contributed by atoms with Gasteiger partial charge in [0.05, 0.1) is 22.6 Å². The number of carbonyl (C=O) groups is 1. The van der Waals surface area contributed by atoms with Gasteiger partial charge in [-0.3, -0.25) is 9.78 Å². The summed E-state index contributed by atoms with van der Waals surface area (Å²) in [5.41, 5.74) is 3.64. The van der Waals surface area contributed by atoms with Crippen LogP contribution in [0.4, 0.5) is 5.69 Å². The van der Waals surface area contributed by atoms with Crippen molar-refractivity contribution in [3.63, 3.8) is 0 Å². The number of carbonyl (C=O) groups excluding carboxylic acids is 1. The number of amides is 1. The summed E-state index contributed by atoms with van der Waals surface area (Å²) in [6.45, 7) is 1.89. The van der Waals surface area contributed by atoms with Gasteiger partial charge in [0.1, 0.15) is 5.75 Å². The second kappa shape index (κ2) is 9.56. The lowest BCUT2D eigenvalue weighted by Crippen LogP contribution is -2.27. The number of pyridine rings is 1. The normalized spacial score (nSPS) is 13.1. The van der Waals surface area contributed by atoms with Gasteiger partial charge in [0, 0.05) is 30.8 Å². The van der Waals surface area contributed by atoms with Crippen molar-refractivity contribution >= 4 is 59.0 Å². The molecule has 0 radical (unpaired) electrons. The first kappa shape index (κ1) is 22.0. The Balaban J connectivity index is 0.00000156. The molecule has 2 heterocycles. The van der Waals surface area contributed by atoms with Crippen LogP contribution in [0.2, 0.25) is 0 Å². The molecular weight excluding hydrogens is 476 g/mol. The van der Waals surface area contributed by atoms with Crippen LogP contribution in [0.25, 0.3) is 0 Å². The quantitative estimate of drug-likeness (QED) is 0.658. The monoisotopic (exact) mass is 495 g/mol. The van der Waals surface area contributed by atoms with Crippen LogP contribution in [0.5, 0.6) is 5.75 Å². The van der Waals surface area contributed by atoms with Gasteiger partial charge in [0.2, 0.25) is 0 Å². The molecule has 0 fully saturated rings. The summed E-state index contributed by atoms with van der Waals surface area (Å²) < 4.78 is 6.12. The Morgan fingerprint density at radius 2 is 2.08 bits per heavy atom. The van der Waals surface area contributed by atoms with E-state index < -0.39 is 0 Å². The van der Waals surface area contributed by atoms with Crippen molar-refractivity contribution in [3.05, 3.63) is 50.9 Å². The highest BCUT2D eigenvalue weighted by atomic mass is 127. The number of hydrogen-bond donors (Lipinski definition) is 1. The lowest BCUT2D eigenvalue weighted by atomic mass is 10.1. The molecule has 1 aliphatic heterocycles. The van der Waals surface area contributed by atoms with Crippen LogP contribution in [-0.2, 0) is 13.0 Å². The number of fused-ring (bicyclic) bond motifs is 1. The van der Waals surface area contributed by atoms with Crippen molar-refractivity contribution in [1.29, 1.82) is 0 Å². The molecule has 5 nitrogen and oxygen atoms in total. The first-order valence-electron chi connectivity index (χ1n) is 7.38. The Labute approximate surface area is 173 Å². The summed E-state index contributed by atoms with van der Waals surface area (Å²) >= 11 is 2.16. The van der Waals surface area contributed by atoms with Crippen molar-refractivity contribution in [1.82, 2.24) is 9.88 Å². The molecule has 0 spiro atoms. The van der Waals surface area contributed by atoms with E-state index >= 15 is 0 Å². The number of rotatable bonds is 3. The van der Waals surface area contributed by atoms with Crippen molar-refractivity contribution < 1.29 is 9.53 Å². The van der Waals surface area contributed by atoms with E-state index in [0.717, 1.165) is 40.2 Å². The fourth-order valence-corrected chi connectivity index (χ4v) is 3.38. The lowest BCUT2D eigenvalue weighted by Gasteiger charge is -2.24. The largest absolute Gasteiger partial charge is 0.496 e. The van der Waals surface area contributed by atoms with Gasteiger partial charge < -0.3 is 15.0 Å². The summed E-state index contributed by atoms with van der Waals surface area (Å²) in [5, 5.41) is 2.92. The molecule has 0 atom stereocenters. The van der Waals surface area contributed by atoms with Gasteiger partial charge in [-0.25, -0.2) is 0 Å². The molecule has 0 saturated carbocycles. The molecule has 1 aromatic carbocycles. The van der Waals surface area contributed by atoms with Crippen molar-refractivity contribution in [2.24, 2.45) is 0 Å². The smallest absolute Gasteiger partial charge is 0.255 e. The number of anilines is 1. The maximum absolute atomic E-state index is 12.4. The number of halogens is 3. The fourth-order valence-electron chi connectivity index (χ4n) is 2.65. The van der Waals surface area contributed by atoms with Crippen molar-refractivity contribution in [2.75, 3.05) is 26.0 Å². The number of benzene rings is 1. The third-order valence-electron chi connectivity index (χ3n) is 3.90. The first-order chi connectivity index (χ1) is 11.1. The van der Waals surface area contributed by atoms with Gasteiger partial charge in [0.25, 0.3) is 5.91 Å². The van der Waals surface area contributed by atoms with Gasteiger partial charge in [-0.2, -0.15) is 0 Å². The molecule has 0 unspecified atom stereocenters. The molecule has 8 heteroatoms. The average Bonchev–Trinajstić information content (AvgIpc) is 2.54. The maximum Gasteiger partial charge on any atom is 0.255 e. The molecule has 0 bridgehead atoms. The summed E-state index contributed by atoms with van der Waals surface area (Å²) in [4.78, 5) is 19.1. The van der Waals surface area contributed by atoms with E-state index in [0.29, 0.717) is 5.56 Å². The van der Waals surface area contributed by atoms with E-state index in [1.807, 2.05) is 12.1 Å². The number of likely N-dealkylation sites (N-methyl/N-ethyl adjacent to an activating group) is 1. The number of nitrogens with zero attached hydrogens (tertiary/aromatic N) is 2. The van der Waals surface area contributed by atoms with Gasteiger partial charge >= 0.3 is 0 Å². The average molecular weight is 496 g/mol. The van der Waals surface area contributed by atoms with E-state index in [1.54, 1.807) is 25.4 Å². The van der Waals surface area contributed by atoms with Crippen LogP contribution in [0.3, 0.4) is 0 Å². The summed E-state index contributed by atoms with van der Waals surface area (Å²) in [5.74, 6) is 0.622. The minimum atomic E-state index is -0.142. The number of ether oxygens (including phenoxy) is 1. The highest BCUT2D eigenvalue weighted by Crippen LogP contribution is 2.23. The number of aromatic nitrogens is 1. The van der Waals surface area contributed by atoms with Crippen molar-refractivity contribution in [3.8, 4) is 5.75 Å². The molecule has 1 aromatic heterocycles. The summed E-state index contributed by atoms with van der Waals surface area (Å²) in [6.07, 6.45) is 2.69. The highest BCUT2D eigenvalue weighted by Gasteiger charge is 2.16. The Hall–Kier alpha value is -1.09. The molecule has 25 heavy (non-hydrogen) atoms. The third-order valence-corrected chi connectivity index (χ3v) is 4.75. The Morgan fingerprint density at radius 3 is 2.76 bits per heavy atom. The zero-order valence-corrected chi connectivity index (χ0v) is 17.7. The molecule has 1 amide bonds. The SMILES string of the molecule is COc1ccc(C(=O)Nc2cnc3c(c2)CN(C)CC3)cc1I.Cl.Cl. The van der Waals surface area contributed by atoms with Crippen molar-refractivity contribution in [2.45, 2.75) is 13.0 Å². The predicted molar refractivity (Wildman–Crippen MR) is 112 cm³/mol. The summed E-state index contributed by atoms with van der Waals surface area (Å²) in [7, 11) is 3.71. The molecular formula is C17H20Cl2IN3O2. The van der Waals surface area contributed by atoms with E-state index in [4.69, 9.17) is 4.74 Å². The standard InChI is InChI=1S/C17H18IN3O2.2ClH/c1-21-6-5-15-12(10-21)7-13(9-19-15)20-17(22)11-3-4-16(23-2)14(18)8-11;;/h3-4,7-9H,5-6,10H2,1-2H3,(H,20,22);2*1H. The van der Waals surface area contributed by atoms with Crippen LogP contribution in [0.15, 0.2) is 30.5 Å². The molecule has 0 saturated heterocycles. The Bertz CT molecular complexity index is 759. The lowest BCUT2D eigenvalue weighted by molar-refractivity contribution is 0.102. The minimum Gasteiger partial charge on any atom is -0.496 e. The summed E-state index contributed by atoms with van der Waals surface area (Å²) in [6, 6.07) is 7.39. The van der Waals surface area contributed by atoms with Gasteiger partial charge in [-0.05, 0) is 59.5 Å². The van der Waals surface area contributed by atoms with E-state index in [2.05, 4.69) is 44.8 Å². The zero-order chi connectivity index (χ0) is 16.4. The van der Waals surface area contributed by atoms with Gasteiger partial charge in [-0.15, -0.1) is 24.8 Å². The molecule has 2 aromatic rings. The highest BCUT2D eigenvalue weighted by molar-refractivity contribution is 14.1. The second-order valence-electron chi connectivity index (χ2n) is 5.62. The van der Waals surface area contributed by atoms with Crippen LogP contribution < -0.4 is 10.1 Å². The number of hydrogen-bond acceptors (Lipinski definition) is 4. The van der Waals surface area contributed by atoms with E-state index in [-0.39, 0.29) is 30.7 Å². The van der Waals surface area contributed by atoms with Crippen LogP contribution in [0, 0.1) is 3.57 Å². The molecule has 136 valence electrons. The van der Waals surface area contributed by atoms with E-state index in [9.17, 15) is 4.79 Å². The maximum atomic E-state index is 12.4. The minimum absolute atomic E-state index is 0. The van der Waals surface area contributed by atoms with Crippen LogP contribution >= 0.6 is 47.4 Å².